The molecule has 0 saturated heterocycles. The Morgan fingerprint density at radius 2 is 1.94 bits per heavy atom. The first-order valence-electron chi connectivity index (χ1n) is 10.1. The van der Waals surface area contributed by atoms with Gasteiger partial charge in [-0.15, -0.1) is 0 Å². The second-order valence-corrected chi connectivity index (χ2v) is 7.98. The van der Waals surface area contributed by atoms with Crippen molar-refractivity contribution in [1.29, 1.82) is 0 Å². The molecule has 0 radical (unpaired) electrons. The van der Waals surface area contributed by atoms with Gasteiger partial charge in [-0.25, -0.2) is 4.98 Å². The van der Waals surface area contributed by atoms with Crippen LogP contribution in [-0.4, -0.2) is 27.6 Å². The van der Waals surface area contributed by atoms with E-state index in [4.69, 9.17) is 32.9 Å². The lowest BCUT2D eigenvalue weighted by atomic mass is 10.2. The smallest absolute Gasteiger partial charge is 0.244 e. The second-order valence-electron chi connectivity index (χ2n) is 7.13. The lowest BCUT2D eigenvalue weighted by molar-refractivity contribution is -0.116. The number of hydrogen-bond acceptors (Lipinski definition) is 4. The maximum absolute atomic E-state index is 12.7. The standard InChI is InChI=1S/C25H20Cl2N4O2/c1-33-20-8-4-17(5-9-20)6-11-24-30-23(21-10-7-18(26)13-22(21)27)15-31(24)16-25(32)29-19-3-2-12-28-14-19/h2-15H,16H2,1H3,(H,29,32)/b11-6+. The molecular weight excluding hydrogens is 459 g/mol. The van der Waals surface area contributed by atoms with Gasteiger partial charge in [-0.05, 0) is 54.1 Å². The van der Waals surface area contributed by atoms with E-state index in [2.05, 4.69) is 10.3 Å². The lowest BCUT2D eigenvalue weighted by Gasteiger charge is -2.07. The molecule has 2 aromatic carbocycles. The molecule has 2 aromatic heterocycles. The maximum Gasteiger partial charge on any atom is 0.244 e. The van der Waals surface area contributed by atoms with E-state index in [0.717, 1.165) is 16.9 Å². The quantitative estimate of drug-likeness (QED) is 0.349. The highest BCUT2D eigenvalue weighted by Crippen LogP contribution is 2.30. The summed E-state index contributed by atoms with van der Waals surface area (Å²) in [5.74, 6) is 1.18. The first-order chi connectivity index (χ1) is 16.0. The summed E-state index contributed by atoms with van der Waals surface area (Å²) in [4.78, 5) is 21.4. The topological polar surface area (TPSA) is 69.0 Å². The number of imidazole rings is 1. The van der Waals surface area contributed by atoms with Gasteiger partial charge in [0.15, 0.2) is 0 Å². The summed E-state index contributed by atoms with van der Waals surface area (Å²) in [5, 5.41) is 3.86. The van der Waals surface area contributed by atoms with Gasteiger partial charge < -0.3 is 14.6 Å². The highest BCUT2D eigenvalue weighted by Gasteiger charge is 2.14. The number of benzene rings is 2. The summed E-state index contributed by atoms with van der Waals surface area (Å²) in [6, 6.07) is 16.4. The van der Waals surface area contributed by atoms with Crippen molar-refractivity contribution in [1.82, 2.24) is 14.5 Å². The molecule has 4 rings (SSSR count). The van der Waals surface area contributed by atoms with Gasteiger partial charge in [0.05, 0.1) is 29.7 Å². The Labute approximate surface area is 201 Å². The number of nitrogens with zero attached hydrogens (tertiary/aromatic N) is 3. The van der Waals surface area contributed by atoms with E-state index in [1.54, 1.807) is 54.5 Å². The third-order valence-corrected chi connectivity index (χ3v) is 5.36. The number of nitrogens with one attached hydrogen (secondary N) is 1. The van der Waals surface area contributed by atoms with Crippen molar-refractivity contribution in [3.05, 3.63) is 94.6 Å². The number of anilines is 1. The number of carbonyl (C=O) groups excluding carboxylic acids is 1. The Morgan fingerprint density at radius 3 is 2.64 bits per heavy atom. The van der Waals surface area contributed by atoms with E-state index in [1.165, 1.54) is 0 Å². The number of rotatable bonds is 7. The fourth-order valence-electron chi connectivity index (χ4n) is 3.19. The monoisotopic (exact) mass is 478 g/mol. The van der Waals surface area contributed by atoms with Gasteiger partial charge in [0.25, 0.3) is 0 Å². The van der Waals surface area contributed by atoms with Crippen LogP contribution in [0.1, 0.15) is 11.4 Å². The van der Waals surface area contributed by atoms with Crippen LogP contribution < -0.4 is 10.1 Å². The molecule has 1 N–H and O–H groups in total. The van der Waals surface area contributed by atoms with Crippen LogP contribution in [0.3, 0.4) is 0 Å². The summed E-state index contributed by atoms with van der Waals surface area (Å²) in [7, 11) is 1.63. The Kier molecular flexibility index (Phi) is 7.07. The van der Waals surface area contributed by atoms with Crippen molar-refractivity contribution in [2.75, 3.05) is 12.4 Å². The Balaban J connectivity index is 1.64. The maximum atomic E-state index is 12.7. The average molecular weight is 479 g/mol. The molecule has 0 bridgehead atoms. The van der Waals surface area contributed by atoms with Crippen LogP contribution in [0, 0.1) is 0 Å². The molecule has 33 heavy (non-hydrogen) atoms. The Hall–Kier alpha value is -3.61. The number of aromatic nitrogens is 3. The number of pyridine rings is 1. The van der Waals surface area contributed by atoms with Crippen LogP contribution in [0.2, 0.25) is 10.0 Å². The normalized spacial score (nSPS) is 11.0. The lowest BCUT2D eigenvalue weighted by Crippen LogP contribution is -2.19. The van der Waals surface area contributed by atoms with Crippen molar-refractivity contribution in [3.8, 4) is 17.0 Å². The van der Waals surface area contributed by atoms with Gasteiger partial charge in [-0.3, -0.25) is 9.78 Å². The molecule has 2 heterocycles. The van der Waals surface area contributed by atoms with E-state index in [1.807, 2.05) is 42.5 Å². The zero-order chi connectivity index (χ0) is 23.2. The molecule has 0 atom stereocenters. The molecule has 0 saturated carbocycles. The van der Waals surface area contributed by atoms with Crippen molar-refractivity contribution in [2.45, 2.75) is 6.54 Å². The average Bonchev–Trinajstić information content (AvgIpc) is 3.20. The summed E-state index contributed by atoms with van der Waals surface area (Å²) in [6.45, 7) is 0.0649. The zero-order valence-electron chi connectivity index (χ0n) is 17.7. The molecule has 0 unspecified atom stereocenters. The van der Waals surface area contributed by atoms with Crippen LogP contribution >= 0.6 is 23.2 Å². The van der Waals surface area contributed by atoms with Gasteiger partial charge in [0.2, 0.25) is 5.91 Å². The highest BCUT2D eigenvalue weighted by molar-refractivity contribution is 6.36. The highest BCUT2D eigenvalue weighted by atomic mass is 35.5. The largest absolute Gasteiger partial charge is 0.497 e. The van der Waals surface area contributed by atoms with Gasteiger partial charge in [0, 0.05) is 23.0 Å². The summed E-state index contributed by atoms with van der Waals surface area (Å²) < 4.78 is 6.97. The predicted molar refractivity (Wildman–Crippen MR) is 132 cm³/mol. The number of hydrogen-bond donors (Lipinski definition) is 1. The zero-order valence-corrected chi connectivity index (χ0v) is 19.2. The fourth-order valence-corrected chi connectivity index (χ4v) is 3.70. The predicted octanol–water partition coefficient (Wildman–Crippen LogP) is 6.07. The number of halogens is 2. The van der Waals surface area contributed by atoms with Crippen LogP contribution in [0.25, 0.3) is 23.4 Å². The minimum atomic E-state index is -0.201. The summed E-state index contributed by atoms with van der Waals surface area (Å²) in [6.07, 6.45) is 8.81. The molecular formula is C25H20Cl2N4O2. The summed E-state index contributed by atoms with van der Waals surface area (Å²) >= 11 is 12.4. The Bertz CT molecular complexity index is 1290. The van der Waals surface area contributed by atoms with Crippen molar-refractivity contribution in [2.24, 2.45) is 0 Å². The molecule has 0 aliphatic carbocycles. The van der Waals surface area contributed by atoms with Crippen LogP contribution in [0.4, 0.5) is 5.69 Å². The van der Waals surface area contributed by atoms with Crippen LogP contribution in [0.15, 0.2) is 73.2 Å². The number of amides is 1. The van der Waals surface area contributed by atoms with Crippen LogP contribution in [0.5, 0.6) is 5.75 Å². The summed E-state index contributed by atoms with van der Waals surface area (Å²) in [5.41, 5.74) is 2.96. The minimum absolute atomic E-state index is 0.0649. The van der Waals surface area contributed by atoms with Gasteiger partial charge in [-0.1, -0.05) is 41.4 Å². The second kappa shape index (κ2) is 10.3. The van der Waals surface area contributed by atoms with Gasteiger partial charge in [-0.2, -0.15) is 0 Å². The van der Waals surface area contributed by atoms with E-state index < -0.39 is 0 Å². The van der Waals surface area contributed by atoms with Crippen molar-refractivity contribution >= 4 is 46.9 Å². The fraction of sp³-hybridized carbons (Fsp3) is 0.0800. The van der Waals surface area contributed by atoms with Gasteiger partial charge in [0.1, 0.15) is 18.1 Å². The minimum Gasteiger partial charge on any atom is -0.497 e. The van der Waals surface area contributed by atoms with Gasteiger partial charge >= 0.3 is 0 Å². The number of methoxy groups -OCH3 is 1. The molecule has 8 heteroatoms. The first-order valence-corrected chi connectivity index (χ1v) is 10.8. The van der Waals surface area contributed by atoms with E-state index in [9.17, 15) is 4.79 Å². The molecule has 0 spiro atoms. The number of carbonyl (C=O) groups is 1. The molecule has 166 valence electrons. The number of ether oxygens (including phenoxy) is 1. The molecule has 1 amide bonds. The Morgan fingerprint density at radius 1 is 1.12 bits per heavy atom. The third kappa shape index (κ3) is 5.80. The molecule has 6 nitrogen and oxygen atoms in total. The first kappa shape index (κ1) is 22.6. The molecule has 0 fully saturated rings. The van der Waals surface area contributed by atoms with Crippen molar-refractivity contribution < 1.29 is 9.53 Å². The molecule has 0 aliphatic heterocycles. The molecule has 0 aliphatic rings. The van der Waals surface area contributed by atoms with Crippen LogP contribution in [-0.2, 0) is 11.3 Å². The third-order valence-electron chi connectivity index (χ3n) is 4.81. The molecule has 4 aromatic rings. The van der Waals surface area contributed by atoms with Crippen molar-refractivity contribution in [3.63, 3.8) is 0 Å². The van der Waals surface area contributed by atoms with E-state index in [-0.39, 0.29) is 12.5 Å². The van der Waals surface area contributed by atoms with E-state index >= 15 is 0 Å². The van der Waals surface area contributed by atoms with E-state index in [0.29, 0.717) is 27.3 Å². The SMILES string of the molecule is COc1ccc(/C=C/c2nc(-c3ccc(Cl)cc3Cl)cn2CC(=O)Nc2cccnc2)cc1.